The van der Waals surface area contributed by atoms with E-state index in [0.717, 1.165) is 13.0 Å². The van der Waals surface area contributed by atoms with Crippen LogP contribution in [-0.2, 0) is 4.74 Å². The fraction of sp³-hybridized carbons (Fsp3) is 1.00. The van der Waals surface area contributed by atoms with Gasteiger partial charge in [0, 0.05) is 19.2 Å². The van der Waals surface area contributed by atoms with Crippen LogP contribution < -0.4 is 0 Å². The fourth-order valence-electron chi connectivity index (χ4n) is 1.35. The Kier molecular flexibility index (Phi) is 3.27. The van der Waals surface area contributed by atoms with Crippen molar-refractivity contribution >= 4 is 0 Å². The molecule has 1 aliphatic rings. The van der Waals surface area contributed by atoms with Gasteiger partial charge in [0.15, 0.2) is 6.30 Å². The molecule has 3 heteroatoms. The summed E-state index contributed by atoms with van der Waals surface area (Å²) in [6.07, 6.45) is 0.0380. The highest BCUT2D eigenvalue weighted by Crippen LogP contribution is 2.11. The number of hydrogen-bond donors (Lipinski definition) is 0. The van der Waals surface area contributed by atoms with Crippen LogP contribution in [0.3, 0.4) is 0 Å². The quantitative estimate of drug-likeness (QED) is 0.539. The van der Waals surface area contributed by atoms with Gasteiger partial charge < -0.3 is 4.74 Å². The zero-order valence-corrected chi connectivity index (χ0v) is 7.22. The molecule has 0 bridgehead atoms. The van der Waals surface area contributed by atoms with Gasteiger partial charge in [0.05, 0.1) is 6.61 Å². The number of alkyl halides is 1. The zero-order chi connectivity index (χ0) is 8.27. The predicted octanol–water partition coefficient (Wildman–Crippen LogP) is 1.41. The molecule has 0 saturated carbocycles. The highest BCUT2D eigenvalue weighted by atomic mass is 19.1. The van der Waals surface area contributed by atoms with Crippen LogP contribution >= 0.6 is 0 Å². The number of nitrogens with zero attached hydrogens (tertiary/aromatic N) is 1. The van der Waals surface area contributed by atoms with Crippen LogP contribution in [0.25, 0.3) is 0 Å². The SMILES string of the molecule is CC(C)N1CCCOCC1F. The van der Waals surface area contributed by atoms with Gasteiger partial charge in [-0.3, -0.25) is 4.90 Å². The van der Waals surface area contributed by atoms with E-state index in [1.165, 1.54) is 0 Å². The lowest BCUT2D eigenvalue weighted by Gasteiger charge is -2.26. The lowest BCUT2D eigenvalue weighted by Crippen LogP contribution is -2.39. The van der Waals surface area contributed by atoms with Crippen LogP contribution in [0.5, 0.6) is 0 Å². The first-order chi connectivity index (χ1) is 5.22. The average molecular weight is 161 g/mol. The summed E-state index contributed by atoms with van der Waals surface area (Å²) in [6, 6.07) is 0.284. The summed E-state index contributed by atoms with van der Waals surface area (Å²) in [7, 11) is 0. The van der Waals surface area contributed by atoms with E-state index in [0.29, 0.717) is 6.61 Å². The zero-order valence-electron chi connectivity index (χ0n) is 7.22. The van der Waals surface area contributed by atoms with Crippen molar-refractivity contribution in [3.8, 4) is 0 Å². The van der Waals surface area contributed by atoms with Gasteiger partial charge in [0.2, 0.25) is 0 Å². The summed E-state index contributed by atoms with van der Waals surface area (Å²) >= 11 is 0. The minimum Gasteiger partial charge on any atom is -0.377 e. The molecule has 0 amide bonds. The summed E-state index contributed by atoms with van der Waals surface area (Å²) in [5.74, 6) is 0. The van der Waals surface area contributed by atoms with E-state index in [-0.39, 0.29) is 12.6 Å². The largest absolute Gasteiger partial charge is 0.377 e. The van der Waals surface area contributed by atoms with Crippen LogP contribution in [0.15, 0.2) is 0 Å². The van der Waals surface area contributed by atoms with Gasteiger partial charge in [-0.25, -0.2) is 4.39 Å². The lowest BCUT2D eigenvalue weighted by atomic mass is 10.3. The number of rotatable bonds is 1. The molecule has 1 saturated heterocycles. The summed E-state index contributed by atoms with van der Waals surface area (Å²) in [6.45, 7) is 5.77. The Morgan fingerprint density at radius 3 is 2.91 bits per heavy atom. The van der Waals surface area contributed by atoms with Crippen LogP contribution in [0.4, 0.5) is 4.39 Å². The van der Waals surface area contributed by atoms with Gasteiger partial charge in [-0.05, 0) is 20.3 Å². The van der Waals surface area contributed by atoms with E-state index >= 15 is 0 Å². The smallest absolute Gasteiger partial charge is 0.177 e. The highest BCUT2D eigenvalue weighted by Gasteiger charge is 2.22. The van der Waals surface area contributed by atoms with E-state index in [4.69, 9.17) is 4.74 Å². The van der Waals surface area contributed by atoms with E-state index in [1.54, 1.807) is 0 Å². The third-order valence-corrected chi connectivity index (χ3v) is 1.98. The summed E-state index contributed by atoms with van der Waals surface area (Å²) in [4.78, 5) is 1.84. The molecule has 11 heavy (non-hydrogen) atoms. The molecular weight excluding hydrogens is 145 g/mol. The first-order valence-corrected chi connectivity index (χ1v) is 4.19. The van der Waals surface area contributed by atoms with Crippen LogP contribution in [0, 0.1) is 0 Å². The second-order valence-electron chi connectivity index (χ2n) is 3.19. The molecule has 66 valence electrons. The van der Waals surface area contributed by atoms with Crippen molar-refractivity contribution in [2.75, 3.05) is 19.8 Å². The van der Waals surface area contributed by atoms with Gasteiger partial charge in [-0.2, -0.15) is 0 Å². The molecule has 0 spiro atoms. The number of ether oxygens (including phenoxy) is 1. The fourth-order valence-corrected chi connectivity index (χ4v) is 1.35. The molecule has 1 heterocycles. The third-order valence-electron chi connectivity index (χ3n) is 1.98. The summed E-state index contributed by atoms with van der Waals surface area (Å²) < 4.78 is 18.2. The average Bonchev–Trinajstić information content (AvgIpc) is 2.13. The van der Waals surface area contributed by atoms with Crippen LogP contribution in [0.1, 0.15) is 20.3 Å². The Morgan fingerprint density at radius 1 is 1.55 bits per heavy atom. The molecule has 0 aliphatic carbocycles. The molecule has 1 rings (SSSR count). The second kappa shape index (κ2) is 4.02. The standard InChI is InChI=1S/C8H16FNO/c1-7(2)10-4-3-5-11-6-8(10)9/h7-8H,3-6H2,1-2H3. The van der Waals surface area contributed by atoms with Gasteiger partial charge in [-0.15, -0.1) is 0 Å². The van der Waals surface area contributed by atoms with E-state index in [9.17, 15) is 4.39 Å². The van der Waals surface area contributed by atoms with E-state index in [2.05, 4.69) is 0 Å². The van der Waals surface area contributed by atoms with Gasteiger partial charge in [0.1, 0.15) is 0 Å². The number of hydrogen-bond acceptors (Lipinski definition) is 2. The van der Waals surface area contributed by atoms with Crippen molar-refractivity contribution in [2.45, 2.75) is 32.6 Å². The van der Waals surface area contributed by atoms with Crippen molar-refractivity contribution in [1.29, 1.82) is 0 Å². The van der Waals surface area contributed by atoms with Gasteiger partial charge >= 0.3 is 0 Å². The molecule has 1 atom stereocenters. The van der Waals surface area contributed by atoms with E-state index < -0.39 is 6.30 Å². The molecule has 0 N–H and O–H groups in total. The van der Waals surface area contributed by atoms with Crippen molar-refractivity contribution in [3.63, 3.8) is 0 Å². The van der Waals surface area contributed by atoms with Crippen molar-refractivity contribution in [2.24, 2.45) is 0 Å². The maximum atomic E-state index is 13.2. The van der Waals surface area contributed by atoms with Crippen LogP contribution in [0.2, 0.25) is 0 Å². The van der Waals surface area contributed by atoms with Crippen molar-refractivity contribution in [1.82, 2.24) is 4.90 Å². The topological polar surface area (TPSA) is 12.5 Å². The normalized spacial score (nSPS) is 28.9. The maximum absolute atomic E-state index is 13.2. The molecule has 0 radical (unpaired) electrons. The molecule has 0 aromatic heterocycles. The first-order valence-electron chi connectivity index (χ1n) is 4.19. The van der Waals surface area contributed by atoms with Crippen molar-refractivity contribution < 1.29 is 9.13 Å². The third kappa shape index (κ3) is 2.42. The molecular formula is C8H16FNO. The molecule has 1 unspecified atom stereocenters. The van der Waals surface area contributed by atoms with Crippen LogP contribution in [-0.4, -0.2) is 37.0 Å². The molecule has 1 aliphatic heterocycles. The predicted molar refractivity (Wildman–Crippen MR) is 42.2 cm³/mol. The summed E-state index contributed by atoms with van der Waals surface area (Å²) in [5, 5.41) is 0. The molecule has 2 nitrogen and oxygen atoms in total. The Hall–Kier alpha value is -0.150. The Labute approximate surface area is 67.3 Å². The monoisotopic (exact) mass is 161 g/mol. The summed E-state index contributed by atoms with van der Waals surface area (Å²) in [5.41, 5.74) is 0. The van der Waals surface area contributed by atoms with Gasteiger partial charge in [-0.1, -0.05) is 0 Å². The number of halogens is 1. The minimum absolute atomic E-state index is 0.234. The maximum Gasteiger partial charge on any atom is 0.177 e. The highest BCUT2D eigenvalue weighted by molar-refractivity contribution is 4.68. The molecule has 0 aromatic rings. The Balaban J connectivity index is 2.45. The molecule has 0 aromatic carbocycles. The Morgan fingerprint density at radius 2 is 2.27 bits per heavy atom. The second-order valence-corrected chi connectivity index (χ2v) is 3.19. The Bertz CT molecular complexity index is 119. The molecule has 1 fully saturated rings. The lowest BCUT2D eigenvalue weighted by molar-refractivity contribution is 0.0112. The van der Waals surface area contributed by atoms with Crippen molar-refractivity contribution in [3.05, 3.63) is 0 Å². The first kappa shape index (κ1) is 8.94. The van der Waals surface area contributed by atoms with Gasteiger partial charge in [0.25, 0.3) is 0 Å². The van der Waals surface area contributed by atoms with E-state index in [1.807, 2.05) is 18.7 Å². The minimum atomic E-state index is -0.905.